The minimum atomic E-state index is 0.103. The predicted octanol–water partition coefficient (Wildman–Crippen LogP) is 0.904. The Balaban J connectivity index is 3.23. The molecular formula is C8H10N2O. The molecule has 0 aliphatic rings. The maximum absolute atomic E-state index is 9.21. The van der Waals surface area contributed by atoms with E-state index in [2.05, 4.69) is 6.58 Å². The van der Waals surface area contributed by atoms with E-state index in [0.29, 0.717) is 16.9 Å². The SMILES string of the molecule is C=C(N)c1cc(N)ccc1O. The lowest BCUT2D eigenvalue weighted by atomic mass is 10.1. The Morgan fingerprint density at radius 2 is 2.09 bits per heavy atom. The first-order valence-corrected chi connectivity index (χ1v) is 3.14. The van der Waals surface area contributed by atoms with Crippen molar-refractivity contribution in [3.05, 3.63) is 30.3 Å². The second kappa shape index (κ2) is 2.54. The summed E-state index contributed by atoms with van der Waals surface area (Å²) in [6.07, 6.45) is 0. The summed E-state index contributed by atoms with van der Waals surface area (Å²) >= 11 is 0. The van der Waals surface area contributed by atoms with Crippen LogP contribution in [0.5, 0.6) is 5.75 Å². The molecule has 0 radical (unpaired) electrons. The number of nitrogen functional groups attached to an aromatic ring is 1. The smallest absolute Gasteiger partial charge is 0.124 e. The number of hydrogen-bond acceptors (Lipinski definition) is 3. The number of nitrogens with two attached hydrogens (primary N) is 2. The summed E-state index contributed by atoms with van der Waals surface area (Å²) in [6, 6.07) is 4.67. The lowest BCUT2D eigenvalue weighted by molar-refractivity contribution is 0.473. The summed E-state index contributed by atoms with van der Waals surface area (Å²) in [4.78, 5) is 0. The Labute approximate surface area is 64.9 Å². The van der Waals surface area contributed by atoms with E-state index in [0.717, 1.165) is 0 Å². The summed E-state index contributed by atoms with van der Waals surface area (Å²) in [5.41, 5.74) is 12.2. The van der Waals surface area contributed by atoms with Crippen molar-refractivity contribution < 1.29 is 5.11 Å². The second-order valence-electron chi connectivity index (χ2n) is 2.30. The van der Waals surface area contributed by atoms with Gasteiger partial charge in [-0.15, -0.1) is 0 Å². The van der Waals surface area contributed by atoms with Gasteiger partial charge >= 0.3 is 0 Å². The van der Waals surface area contributed by atoms with Crippen LogP contribution in [0.4, 0.5) is 5.69 Å². The van der Waals surface area contributed by atoms with Crippen LogP contribution < -0.4 is 11.5 Å². The topological polar surface area (TPSA) is 72.3 Å². The van der Waals surface area contributed by atoms with Crippen LogP contribution in [0.25, 0.3) is 5.70 Å². The molecule has 1 rings (SSSR count). The first-order chi connectivity index (χ1) is 5.11. The Morgan fingerprint density at radius 1 is 1.45 bits per heavy atom. The average Bonchev–Trinajstić information content (AvgIpc) is 1.94. The zero-order valence-corrected chi connectivity index (χ0v) is 6.04. The van der Waals surface area contributed by atoms with E-state index in [4.69, 9.17) is 11.5 Å². The van der Waals surface area contributed by atoms with Gasteiger partial charge in [0.2, 0.25) is 0 Å². The van der Waals surface area contributed by atoms with E-state index >= 15 is 0 Å². The van der Waals surface area contributed by atoms with Gasteiger partial charge < -0.3 is 16.6 Å². The largest absolute Gasteiger partial charge is 0.507 e. The molecule has 5 N–H and O–H groups in total. The molecule has 0 spiro atoms. The Kier molecular flexibility index (Phi) is 1.72. The first-order valence-electron chi connectivity index (χ1n) is 3.14. The van der Waals surface area contributed by atoms with Crippen LogP contribution in [0.15, 0.2) is 24.8 Å². The normalized spacial score (nSPS) is 9.45. The number of phenols is 1. The van der Waals surface area contributed by atoms with E-state index < -0.39 is 0 Å². The van der Waals surface area contributed by atoms with E-state index in [-0.39, 0.29) is 5.75 Å². The fourth-order valence-corrected chi connectivity index (χ4v) is 0.811. The van der Waals surface area contributed by atoms with Crippen LogP contribution in [0.2, 0.25) is 0 Å². The number of rotatable bonds is 1. The monoisotopic (exact) mass is 150 g/mol. The Morgan fingerprint density at radius 3 is 2.55 bits per heavy atom. The number of anilines is 1. The van der Waals surface area contributed by atoms with Crippen LogP contribution in [0.1, 0.15) is 5.56 Å². The van der Waals surface area contributed by atoms with Gasteiger partial charge in [-0.2, -0.15) is 0 Å². The van der Waals surface area contributed by atoms with Crippen LogP contribution >= 0.6 is 0 Å². The molecule has 1 aromatic carbocycles. The molecule has 0 saturated carbocycles. The van der Waals surface area contributed by atoms with Crippen molar-refractivity contribution in [1.82, 2.24) is 0 Å². The van der Waals surface area contributed by atoms with Crippen LogP contribution in [-0.2, 0) is 0 Å². The van der Waals surface area contributed by atoms with Crippen molar-refractivity contribution in [3.8, 4) is 5.75 Å². The van der Waals surface area contributed by atoms with Gasteiger partial charge in [-0.25, -0.2) is 0 Å². The van der Waals surface area contributed by atoms with Gasteiger partial charge in [0.25, 0.3) is 0 Å². The molecule has 0 fully saturated rings. The molecule has 3 nitrogen and oxygen atoms in total. The lowest BCUT2D eigenvalue weighted by Crippen LogP contribution is -1.95. The maximum Gasteiger partial charge on any atom is 0.124 e. The van der Waals surface area contributed by atoms with Gasteiger partial charge in [-0.3, -0.25) is 0 Å². The van der Waals surface area contributed by atoms with E-state index in [9.17, 15) is 5.11 Å². The second-order valence-corrected chi connectivity index (χ2v) is 2.30. The summed E-state index contributed by atoms with van der Waals surface area (Å²) in [6.45, 7) is 3.49. The third-order valence-corrected chi connectivity index (χ3v) is 1.37. The minimum absolute atomic E-state index is 0.103. The molecule has 0 aliphatic heterocycles. The third-order valence-electron chi connectivity index (χ3n) is 1.37. The number of benzene rings is 1. The van der Waals surface area contributed by atoms with Crippen molar-refractivity contribution in [3.63, 3.8) is 0 Å². The Hall–Kier alpha value is -1.64. The molecule has 0 aromatic heterocycles. The molecule has 0 amide bonds. The standard InChI is InChI=1S/C8H10N2O/c1-5(9)7-4-6(10)2-3-8(7)11/h2-4,11H,1,9-10H2. The highest BCUT2D eigenvalue weighted by Gasteiger charge is 2.01. The molecule has 0 heterocycles. The first kappa shape index (κ1) is 7.47. The van der Waals surface area contributed by atoms with Crippen LogP contribution in [0, 0.1) is 0 Å². The third kappa shape index (κ3) is 1.43. The van der Waals surface area contributed by atoms with E-state index in [1.807, 2.05) is 0 Å². The zero-order valence-electron chi connectivity index (χ0n) is 6.04. The summed E-state index contributed by atoms with van der Waals surface area (Å²) in [5.74, 6) is 0.103. The minimum Gasteiger partial charge on any atom is -0.507 e. The molecular weight excluding hydrogens is 140 g/mol. The summed E-state index contributed by atoms with van der Waals surface area (Å²) in [5, 5.41) is 9.21. The van der Waals surface area contributed by atoms with Crippen molar-refractivity contribution in [2.45, 2.75) is 0 Å². The molecule has 0 unspecified atom stereocenters. The molecule has 0 saturated heterocycles. The molecule has 0 bridgehead atoms. The van der Waals surface area contributed by atoms with E-state index in [1.165, 1.54) is 6.07 Å². The molecule has 0 atom stereocenters. The van der Waals surface area contributed by atoms with Crippen LogP contribution in [-0.4, -0.2) is 5.11 Å². The van der Waals surface area contributed by atoms with Crippen molar-refractivity contribution in [2.24, 2.45) is 5.73 Å². The molecule has 58 valence electrons. The quantitative estimate of drug-likeness (QED) is 0.411. The van der Waals surface area contributed by atoms with Gasteiger partial charge in [0.05, 0.1) is 0 Å². The molecule has 1 aromatic rings. The average molecular weight is 150 g/mol. The van der Waals surface area contributed by atoms with Crippen molar-refractivity contribution >= 4 is 11.4 Å². The summed E-state index contributed by atoms with van der Waals surface area (Å²) < 4.78 is 0. The molecule has 3 heteroatoms. The molecule has 11 heavy (non-hydrogen) atoms. The number of phenolic OH excluding ortho intramolecular Hbond substituents is 1. The van der Waals surface area contributed by atoms with Gasteiger partial charge in [0, 0.05) is 16.9 Å². The highest BCUT2D eigenvalue weighted by Crippen LogP contribution is 2.22. The fourth-order valence-electron chi connectivity index (χ4n) is 0.811. The number of hydrogen-bond donors (Lipinski definition) is 3. The maximum atomic E-state index is 9.21. The van der Waals surface area contributed by atoms with Crippen molar-refractivity contribution in [1.29, 1.82) is 0 Å². The highest BCUT2D eigenvalue weighted by molar-refractivity contribution is 5.69. The lowest BCUT2D eigenvalue weighted by Gasteiger charge is -2.03. The van der Waals surface area contributed by atoms with Gasteiger partial charge in [-0.1, -0.05) is 6.58 Å². The van der Waals surface area contributed by atoms with Gasteiger partial charge in [0.15, 0.2) is 0 Å². The zero-order chi connectivity index (χ0) is 8.43. The number of aromatic hydroxyl groups is 1. The van der Waals surface area contributed by atoms with Crippen LogP contribution in [0.3, 0.4) is 0 Å². The van der Waals surface area contributed by atoms with Crippen molar-refractivity contribution in [2.75, 3.05) is 5.73 Å². The Bertz CT molecular complexity index is 294. The van der Waals surface area contributed by atoms with Gasteiger partial charge in [0.1, 0.15) is 5.75 Å². The predicted molar refractivity (Wildman–Crippen MR) is 45.7 cm³/mol. The van der Waals surface area contributed by atoms with Gasteiger partial charge in [-0.05, 0) is 18.2 Å². The van der Waals surface area contributed by atoms with E-state index in [1.54, 1.807) is 12.1 Å². The fraction of sp³-hybridized carbons (Fsp3) is 0. The summed E-state index contributed by atoms with van der Waals surface area (Å²) in [7, 11) is 0. The highest BCUT2D eigenvalue weighted by atomic mass is 16.3. The molecule has 0 aliphatic carbocycles.